The van der Waals surface area contributed by atoms with Crippen molar-refractivity contribution in [2.45, 2.75) is 26.8 Å². The van der Waals surface area contributed by atoms with E-state index in [9.17, 15) is 0 Å². The van der Waals surface area contributed by atoms with Crippen LogP contribution in [0.2, 0.25) is 0 Å². The summed E-state index contributed by atoms with van der Waals surface area (Å²) in [7, 11) is 0. The van der Waals surface area contributed by atoms with Gasteiger partial charge >= 0.3 is 0 Å². The van der Waals surface area contributed by atoms with E-state index in [2.05, 4.69) is 18.7 Å². The molecule has 0 spiro atoms. The number of hydrogen-bond acceptors (Lipinski definition) is 3. The predicted molar refractivity (Wildman–Crippen MR) is 80.1 cm³/mol. The molecule has 100 valence electrons. The number of rotatable bonds is 7. The maximum Gasteiger partial charge on any atom is 0.119 e. The zero-order valence-corrected chi connectivity index (χ0v) is 12.2. The van der Waals surface area contributed by atoms with Gasteiger partial charge in [0.1, 0.15) is 5.75 Å². The van der Waals surface area contributed by atoms with Crippen molar-refractivity contribution in [2.24, 2.45) is 5.73 Å². The Morgan fingerprint density at radius 1 is 1.22 bits per heavy atom. The van der Waals surface area contributed by atoms with E-state index >= 15 is 0 Å². The van der Waals surface area contributed by atoms with Crippen LogP contribution in [0.3, 0.4) is 0 Å². The van der Waals surface area contributed by atoms with Crippen molar-refractivity contribution in [1.82, 2.24) is 4.90 Å². The molecule has 0 saturated carbocycles. The molecule has 4 heteroatoms. The van der Waals surface area contributed by atoms with Gasteiger partial charge in [-0.1, -0.05) is 38.2 Å². The van der Waals surface area contributed by atoms with Gasteiger partial charge in [-0.2, -0.15) is 0 Å². The summed E-state index contributed by atoms with van der Waals surface area (Å²) in [6.45, 7) is 8.72. The second-order valence-electron chi connectivity index (χ2n) is 4.03. The van der Waals surface area contributed by atoms with Crippen molar-refractivity contribution in [1.29, 1.82) is 0 Å². The van der Waals surface area contributed by atoms with Crippen LogP contribution in [0.15, 0.2) is 24.3 Å². The van der Waals surface area contributed by atoms with Gasteiger partial charge in [0.15, 0.2) is 0 Å². The average Bonchev–Trinajstić information content (AvgIpc) is 2.37. The third kappa shape index (κ3) is 3.68. The lowest BCUT2D eigenvalue weighted by atomic mass is 10.0. The number of likely N-dealkylation sites (N-methyl/N-ethyl adjacent to an activating group) is 1. The molecule has 0 saturated heterocycles. The lowest BCUT2D eigenvalue weighted by Gasteiger charge is -2.29. The minimum atomic E-state index is 0.00526. The van der Waals surface area contributed by atoms with Crippen molar-refractivity contribution in [3.05, 3.63) is 29.8 Å². The van der Waals surface area contributed by atoms with E-state index in [0.29, 0.717) is 11.6 Å². The number of nitrogens with zero attached hydrogens (tertiary/aromatic N) is 1. The molecule has 18 heavy (non-hydrogen) atoms. The van der Waals surface area contributed by atoms with E-state index < -0.39 is 0 Å². The first-order chi connectivity index (χ1) is 8.63. The fraction of sp³-hybridized carbons (Fsp3) is 0.500. The molecular weight excluding hydrogens is 244 g/mol. The standard InChI is InChI=1S/C14H22N2OS/c1-4-16(5-2)13(14(15)18)11-7-9-12(10-8-11)17-6-3/h7-10,13H,4-6H2,1-3H3,(H2,15,18). The Bertz CT molecular complexity index is 374. The molecule has 1 aromatic rings. The molecular formula is C14H22N2OS. The van der Waals surface area contributed by atoms with Crippen LogP contribution < -0.4 is 10.5 Å². The Labute approximate surface area is 115 Å². The van der Waals surface area contributed by atoms with Gasteiger partial charge in [0.25, 0.3) is 0 Å². The Morgan fingerprint density at radius 3 is 2.17 bits per heavy atom. The molecule has 0 aliphatic carbocycles. The Balaban J connectivity index is 2.95. The van der Waals surface area contributed by atoms with Crippen molar-refractivity contribution < 1.29 is 4.74 Å². The molecule has 0 fully saturated rings. The van der Waals surface area contributed by atoms with Crippen LogP contribution in [0.4, 0.5) is 0 Å². The highest BCUT2D eigenvalue weighted by Gasteiger charge is 2.20. The molecule has 1 aromatic carbocycles. The number of thiocarbonyl (C=S) groups is 1. The zero-order valence-electron chi connectivity index (χ0n) is 11.3. The van der Waals surface area contributed by atoms with Gasteiger partial charge in [-0.15, -0.1) is 0 Å². The molecule has 3 nitrogen and oxygen atoms in total. The van der Waals surface area contributed by atoms with Gasteiger partial charge in [0.05, 0.1) is 17.6 Å². The minimum Gasteiger partial charge on any atom is -0.494 e. The Morgan fingerprint density at radius 2 is 1.78 bits per heavy atom. The topological polar surface area (TPSA) is 38.5 Å². The second kappa shape index (κ2) is 7.34. The number of ether oxygens (including phenoxy) is 1. The summed E-state index contributed by atoms with van der Waals surface area (Å²) in [5.41, 5.74) is 7.00. The lowest BCUT2D eigenvalue weighted by Crippen LogP contribution is -2.36. The summed E-state index contributed by atoms with van der Waals surface area (Å²) in [5.74, 6) is 0.877. The van der Waals surface area contributed by atoms with Crippen molar-refractivity contribution in [3.8, 4) is 5.75 Å². The van der Waals surface area contributed by atoms with E-state index in [1.807, 2.05) is 31.2 Å². The minimum absolute atomic E-state index is 0.00526. The van der Waals surface area contributed by atoms with E-state index in [1.165, 1.54) is 0 Å². The van der Waals surface area contributed by atoms with Gasteiger partial charge in [0, 0.05) is 0 Å². The summed E-state index contributed by atoms with van der Waals surface area (Å²) in [5, 5.41) is 0. The third-order valence-corrected chi connectivity index (χ3v) is 3.18. The summed E-state index contributed by atoms with van der Waals surface area (Å²) in [4.78, 5) is 2.76. The fourth-order valence-corrected chi connectivity index (χ4v) is 2.34. The Kier molecular flexibility index (Phi) is 6.09. The van der Waals surface area contributed by atoms with Crippen LogP contribution in [-0.2, 0) is 0 Å². The van der Waals surface area contributed by atoms with E-state index in [0.717, 1.165) is 24.4 Å². The normalized spacial score (nSPS) is 12.4. The van der Waals surface area contributed by atoms with Crippen LogP contribution >= 0.6 is 12.2 Å². The van der Waals surface area contributed by atoms with Crippen molar-refractivity contribution in [3.63, 3.8) is 0 Å². The van der Waals surface area contributed by atoms with Crippen molar-refractivity contribution in [2.75, 3.05) is 19.7 Å². The lowest BCUT2D eigenvalue weighted by molar-refractivity contribution is 0.272. The molecule has 0 aromatic heterocycles. The first-order valence-corrected chi connectivity index (χ1v) is 6.80. The number of nitrogens with two attached hydrogens (primary N) is 1. The molecule has 2 N–H and O–H groups in total. The zero-order chi connectivity index (χ0) is 13.5. The summed E-state index contributed by atoms with van der Waals surface area (Å²) >= 11 is 5.20. The molecule has 0 bridgehead atoms. The molecule has 1 atom stereocenters. The highest BCUT2D eigenvalue weighted by Crippen LogP contribution is 2.23. The van der Waals surface area contributed by atoms with Crippen LogP contribution in [0, 0.1) is 0 Å². The van der Waals surface area contributed by atoms with E-state index in [-0.39, 0.29) is 6.04 Å². The monoisotopic (exact) mass is 266 g/mol. The third-order valence-electron chi connectivity index (χ3n) is 2.95. The predicted octanol–water partition coefficient (Wildman–Crippen LogP) is 2.75. The summed E-state index contributed by atoms with van der Waals surface area (Å²) < 4.78 is 5.44. The first kappa shape index (κ1) is 14.9. The van der Waals surface area contributed by atoms with Crippen LogP contribution in [0.1, 0.15) is 32.4 Å². The number of benzene rings is 1. The maximum atomic E-state index is 5.88. The van der Waals surface area contributed by atoms with Crippen LogP contribution in [0.5, 0.6) is 5.75 Å². The van der Waals surface area contributed by atoms with Gasteiger partial charge in [0.2, 0.25) is 0 Å². The molecule has 0 aliphatic rings. The van der Waals surface area contributed by atoms with Crippen LogP contribution in [-0.4, -0.2) is 29.6 Å². The molecule has 0 amide bonds. The second-order valence-corrected chi connectivity index (χ2v) is 4.50. The average molecular weight is 266 g/mol. The molecule has 1 rings (SSSR count). The summed E-state index contributed by atoms with van der Waals surface area (Å²) in [6.07, 6.45) is 0. The van der Waals surface area contributed by atoms with E-state index in [4.69, 9.17) is 22.7 Å². The van der Waals surface area contributed by atoms with Gasteiger partial charge < -0.3 is 10.5 Å². The molecule has 1 unspecified atom stereocenters. The van der Waals surface area contributed by atoms with Crippen molar-refractivity contribution >= 4 is 17.2 Å². The molecule has 0 aliphatic heterocycles. The first-order valence-electron chi connectivity index (χ1n) is 6.40. The van der Waals surface area contributed by atoms with E-state index in [1.54, 1.807) is 0 Å². The molecule has 0 radical (unpaired) electrons. The Hall–Kier alpha value is -1.13. The molecule has 0 heterocycles. The smallest absolute Gasteiger partial charge is 0.119 e. The van der Waals surface area contributed by atoms with Gasteiger partial charge in [-0.25, -0.2) is 0 Å². The highest BCUT2D eigenvalue weighted by molar-refractivity contribution is 7.80. The number of hydrogen-bond donors (Lipinski definition) is 1. The highest BCUT2D eigenvalue weighted by atomic mass is 32.1. The van der Waals surface area contributed by atoms with Gasteiger partial charge in [-0.05, 0) is 37.7 Å². The maximum absolute atomic E-state index is 5.88. The fourth-order valence-electron chi connectivity index (χ4n) is 2.06. The quantitative estimate of drug-likeness (QED) is 0.770. The largest absolute Gasteiger partial charge is 0.494 e. The summed E-state index contributed by atoms with van der Waals surface area (Å²) in [6, 6.07) is 8.01. The SMILES string of the molecule is CCOc1ccc(C(C(N)=S)N(CC)CC)cc1. The van der Waals surface area contributed by atoms with Gasteiger partial charge in [-0.3, -0.25) is 4.90 Å². The van der Waals surface area contributed by atoms with Crippen LogP contribution in [0.25, 0.3) is 0 Å².